The normalized spacial score (nSPS) is 11.5. The number of rotatable bonds is 3. The lowest BCUT2D eigenvalue weighted by atomic mass is 10.3. The molecule has 0 radical (unpaired) electrons. The van der Waals surface area contributed by atoms with Crippen LogP contribution in [0.2, 0.25) is 0 Å². The Balaban J connectivity index is 2.11. The van der Waals surface area contributed by atoms with Crippen LogP contribution in [0.15, 0.2) is 12.4 Å². The van der Waals surface area contributed by atoms with Crippen LogP contribution in [-0.2, 0) is 12.7 Å². The van der Waals surface area contributed by atoms with Crippen LogP contribution in [0.25, 0.3) is 0 Å². The summed E-state index contributed by atoms with van der Waals surface area (Å²) in [5.74, 6) is -0.606. The molecule has 21 heavy (non-hydrogen) atoms. The Morgan fingerprint density at radius 1 is 1.24 bits per heavy atom. The average Bonchev–Trinajstić information content (AvgIpc) is 2.80. The maximum Gasteiger partial charge on any atom is 0.443 e. The molecule has 1 N–H and O–H groups in total. The minimum absolute atomic E-state index is 0.0520. The number of hydrogen-bond donors (Lipinski definition) is 1. The van der Waals surface area contributed by atoms with E-state index in [-0.39, 0.29) is 17.1 Å². The Bertz CT molecular complexity index is 669. The Morgan fingerprint density at radius 3 is 2.48 bits per heavy atom. The van der Waals surface area contributed by atoms with Crippen LogP contribution in [0.5, 0.6) is 0 Å². The summed E-state index contributed by atoms with van der Waals surface area (Å²) < 4.78 is 37.6. The average molecular weight is 316 g/mol. The molecule has 1 amide bonds. The first-order valence-electron chi connectivity index (χ1n) is 5.88. The Morgan fingerprint density at radius 2 is 1.90 bits per heavy atom. The van der Waals surface area contributed by atoms with Crippen LogP contribution in [0.1, 0.15) is 31.8 Å². The predicted octanol–water partition coefficient (Wildman–Crippen LogP) is 2.50. The van der Waals surface area contributed by atoms with E-state index in [2.05, 4.69) is 20.3 Å². The van der Waals surface area contributed by atoms with Crippen molar-refractivity contribution in [1.29, 1.82) is 0 Å². The number of carbonyl (C=O) groups excluding carboxylic acids is 1. The second-order valence-corrected chi connectivity index (χ2v) is 5.20. The molecule has 0 aliphatic rings. The third-order valence-electron chi connectivity index (χ3n) is 2.64. The molecule has 0 bridgehead atoms. The van der Waals surface area contributed by atoms with Gasteiger partial charge in [0.2, 0.25) is 0 Å². The Kier molecular flexibility index (Phi) is 4.21. The molecule has 0 fully saturated rings. The molecule has 0 unspecified atom stereocenters. The smallest absolute Gasteiger partial charge is 0.346 e. The topological polar surface area (TPSA) is 67.8 Å². The minimum Gasteiger partial charge on any atom is -0.346 e. The van der Waals surface area contributed by atoms with Crippen LogP contribution in [0, 0.1) is 13.8 Å². The molecule has 2 aromatic rings. The first-order valence-corrected chi connectivity index (χ1v) is 6.70. The van der Waals surface area contributed by atoms with Crippen LogP contribution in [0.4, 0.5) is 13.2 Å². The summed E-state index contributed by atoms with van der Waals surface area (Å²) in [4.78, 5) is 23.3. The minimum atomic E-state index is -4.55. The zero-order valence-electron chi connectivity index (χ0n) is 11.2. The van der Waals surface area contributed by atoms with Gasteiger partial charge in [-0.3, -0.25) is 14.8 Å². The van der Waals surface area contributed by atoms with Crippen molar-refractivity contribution in [2.75, 3.05) is 0 Å². The van der Waals surface area contributed by atoms with Crippen molar-refractivity contribution >= 4 is 17.2 Å². The van der Waals surface area contributed by atoms with Crippen molar-refractivity contribution in [2.24, 2.45) is 0 Å². The number of hydrogen-bond acceptors (Lipinski definition) is 5. The van der Waals surface area contributed by atoms with Gasteiger partial charge in [0.1, 0.15) is 4.88 Å². The molecular formula is C12H11F3N4OS. The molecule has 2 rings (SSSR count). The van der Waals surface area contributed by atoms with E-state index in [1.807, 2.05) is 0 Å². The highest BCUT2D eigenvalue weighted by Gasteiger charge is 2.36. The van der Waals surface area contributed by atoms with Gasteiger partial charge in [0.05, 0.1) is 23.6 Å². The molecule has 0 saturated heterocycles. The maximum atomic E-state index is 12.5. The number of amides is 1. The van der Waals surface area contributed by atoms with Crippen molar-refractivity contribution in [3.8, 4) is 0 Å². The van der Waals surface area contributed by atoms with Gasteiger partial charge in [0.25, 0.3) is 5.91 Å². The summed E-state index contributed by atoms with van der Waals surface area (Å²) >= 11 is 0.330. The van der Waals surface area contributed by atoms with Gasteiger partial charge in [-0.25, -0.2) is 4.98 Å². The number of halogens is 3. The van der Waals surface area contributed by atoms with Crippen LogP contribution in [0.3, 0.4) is 0 Å². The first kappa shape index (κ1) is 15.4. The number of nitrogens with zero attached hydrogens (tertiary/aromatic N) is 3. The van der Waals surface area contributed by atoms with Crippen LogP contribution >= 0.6 is 11.3 Å². The quantitative estimate of drug-likeness (QED) is 0.945. The molecule has 2 heterocycles. The van der Waals surface area contributed by atoms with E-state index in [1.54, 1.807) is 6.92 Å². The molecule has 112 valence electrons. The van der Waals surface area contributed by atoms with E-state index >= 15 is 0 Å². The van der Waals surface area contributed by atoms with E-state index in [1.165, 1.54) is 19.3 Å². The largest absolute Gasteiger partial charge is 0.443 e. The first-order chi connectivity index (χ1) is 9.79. The van der Waals surface area contributed by atoms with Gasteiger partial charge in [-0.2, -0.15) is 13.2 Å². The number of aromatic nitrogens is 3. The fraction of sp³-hybridized carbons (Fsp3) is 0.333. The molecular weight excluding hydrogens is 305 g/mol. The van der Waals surface area contributed by atoms with Crippen molar-refractivity contribution in [3.63, 3.8) is 0 Å². The summed E-state index contributed by atoms with van der Waals surface area (Å²) in [6.45, 7) is 3.19. The monoisotopic (exact) mass is 316 g/mol. The molecule has 0 aromatic carbocycles. The number of aryl methyl sites for hydroxylation is 2. The van der Waals surface area contributed by atoms with Gasteiger partial charge in [-0.1, -0.05) is 0 Å². The van der Waals surface area contributed by atoms with E-state index < -0.39 is 17.1 Å². The second kappa shape index (κ2) is 5.76. The lowest BCUT2D eigenvalue weighted by Gasteiger charge is -2.05. The van der Waals surface area contributed by atoms with Crippen molar-refractivity contribution < 1.29 is 18.0 Å². The summed E-state index contributed by atoms with van der Waals surface area (Å²) in [5.41, 5.74) is 1.26. The van der Waals surface area contributed by atoms with Crippen LogP contribution < -0.4 is 5.32 Å². The number of carbonyl (C=O) groups is 1. The molecule has 9 heteroatoms. The summed E-state index contributed by atoms with van der Waals surface area (Å²) in [5, 5.41) is 1.50. The molecule has 0 atom stereocenters. The summed E-state index contributed by atoms with van der Waals surface area (Å²) in [6, 6.07) is 0. The van der Waals surface area contributed by atoms with E-state index in [0.717, 1.165) is 0 Å². The van der Waals surface area contributed by atoms with Crippen molar-refractivity contribution in [3.05, 3.63) is 39.4 Å². The Labute approximate surface area is 122 Å². The molecule has 0 aliphatic carbocycles. The molecule has 2 aromatic heterocycles. The molecule has 0 spiro atoms. The highest BCUT2D eigenvalue weighted by molar-refractivity contribution is 7.13. The number of nitrogens with one attached hydrogen (secondary N) is 1. The van der Waals surface area contributed by atoms with E-state index in [9.17, 15) is 18.0 Å². The number of alkyl halides is 3. The standard InChI is InChI=1S/C12H11F3N4OS/c1-6-8(17-4-3-16-6)5-18-10(20)9-7(2)19-11(21-9)12(13,14)15/h3-4H,5H2,1-2H3,(H,18,20). The number of thiazole rings is 1. The fourth-order valence-electron chi connectivity index (χ4n) is 1.58. The lowest BCUT2D eigenvalue weighted by molar-refractivity contribution is -0.137. The van der Waals surface area contributed by atoms with Gasteiger partial charge in [0.15, 0.2) is 5.01 Å². The van der Waals surface area contributed by atoms with Crippen molar-refractivity contribution in [1.82, 2.24) is 20.3 Å². The predicted molar refractivity (Wildman–Crippen MR) is 69.8 cm³/mol. The van der Waals surface area contributed by atoms with E-state index in [0.29, 0.717) is 22.7 Å². The van der Waals surface area contributed by atoms with Gasteiger partial charge in [0, 0.05) is 12.4 Å². The highest BCUT2D eigenvalue weighted by Crippen LogP contribution is 2.33. The Hall–Kier alpha value is -2.03. The second-order valence-electron chi connectivity index (χ2n) is 4.20. The molecule has 5 nitrogen and oxygen atoms in total. The highest BCUT2D eigenvalue weighted by atomic mass is 32.1. The van der Waals surface area contributed by atoms with Gasteiger partial charge < -0.3 is 5.32 Å². The summed E-state index contributed by atoms with van der Waals surface area (Å²) in [6.07, 6.45) is -1.55. The molecule has 0 aliphatic heterocycles. The fourth-order valence-corrected chi connectivity index (χ4v) is 2.43. The lowest BCUT2D eigenvalue weighted by Crippen LogP contribution is -2.23. The zero-order chi connectivity index (χ0) is 15.6. The third kappa shape index (κ3) is 3.54. The van der Waals surface area contributed by atoms with E-state index in [4.69, 9.17) is 0 Å². The molecule has 0 saturated carbocycles. The van der Waals surface area contributed by atoms with Gasteiger partial charge >= 0.3 is 6.18 Å². The van der Waals surface area contributed by atoms with Crippen LogP contribution in [-0.4, -0.2) is 20.9 Å². The van der Waals surface area contributed by atoms with Gasteiger partial charge in [-0.05, 0) is 13.8 Å². The van der Waals surface area contributed by atoms with Gasteiger partial charge in [-0.15, -0.1) is 11.3 Å². The maximum absolute atomic E-state index is 12.5. The zero-order valence-corrected chi connectivity index (χ0v) is 12.0. The SMILES string of the molecule is Cc1nccnc1CNC(=O)c1sc(C(F)(F)F)nc1C. The third-order valence-corrected chi connectivity index (χ3v) is 3.85. The van der Waals surface area contributed by atoms with Crippen molar-refractivity contribution in [2.45, 2.75) is 26.6 Å². The summed E-state index contributed by atoms with van der Waals surface area (Å²) in [7, 11) is 0.